The van der Waals surface area contributed by atoms with Crippen molar-refractivity contribution in [3.8, 4) is 0 Å². The van der Waals surface area contributed by atoms with Gasteiger partial charge in [-0.3, -0.25) is 33.6 Å². The number of hydrogen-bond donors (Lipinski definition) is 4. The molecule has 0 saturated carbocycles. The topological polar surface area (TPSA) is 367 Å². The van der Waals surface area contributed by atoms with Gasteiger partial charge in [-0.05, 0) is 135 Å². The second-order valence-electron chi connectivity index (χ2n) is 33.7. The lowest BCUT2D eigenvalue weighted by molar-refractivity contribution is -0.319. The molecule has 4 N–H and O–H groups in total. The molecule has 7 aliphatic rings. The van der Waals surface area contributed by atoms with Crippen LogP contribution in [0.3, 0.4) is 0 Å². The Bertz CT molecular complexity index is 2990. The molecule has 0 amide bonds. The molecule has 109 heavy (non-hydrogen) atoms. The van der Waals surface area contributed by atoms with Gasteiger partial charge in [-0.2, -0.15) is 0 Å². The average molecular weight is 1560 g/mol. The van der Waals surface area contributed by atoms with Crippen molar-refractivity contribution in [1.82, 2.24) is 9.80 Å². The summed E-state index contributed by atoms with van der Waals surface area (Å²) >= 11 is 0. The minimum atomic E-state index is -1.96. The predicted octanol–water partition coefficient (Wildman–Crippen LogP) is 6.06. The number of Topliss-reactive ketones (excluding diaryl/α,β-unsaturated/α-hetero) is 2. The number of carbonyl (C=O) groups is 7. The number of nitrogens with zero attached hydrogens (tertiary/aromatic N) is 2. The summed E-state index contributed by atoms with van der Waals surface area (Å²) < 4.78 is 105. The van der Waals surface area contributed by atoms with Crippen molar-refractivity contribution in [3.05, 3.63) is 0 Å². The molecule has 1 unspecified atom stereocenters. The Hall–Kier alpha value is -4.03. The largest absolute Gasteiger partial charge is 0.462 e. The fraction of sp³-hybridized carbons (Fsp3) is 0.911. The van der Waals surface area contributed by atoms with Crippen molar-refractivity contribution in [2.45, 2.75) is 354 Å². The number of methoxy groups -OCH3 is 3. The number of cyclic esters (lactones) is 2. The number of hydrogen-bond acceptors (Lipinski definition) is 30. The van der Waals surface area contributed by atoms with E-state index < -0.39 is 222 Å². The van der Waals surface area contributed by atoms with Crippen molar-refractivity contribution in [2.24, 2.45) is 53.3 Å². The second kappa shape index (κ2) is 39.1. The molecule has 7 heterocycles. The third-order valence-electron chi connectivity index (χ3n) is 24.5. The number of likely N-dealkylation sites (N-methyl/N-ethyl adjacent to an activating group) is 2. The molecule has 30 nitrogen and oxygen atoms in total. The van der Waals surface area contributed by atoms with E-state index >= 15 is 0 Å². The minimum absolute atomic E-state index is 0.111. The Kier molecular flexibility index (Phi) is 33.6. The summed E-state index contributed by atoms with van der Waals surface area (Å²) in [7, 11) is 12.1. The zero-order valence-electron chi connectivity index (χ0n) is 70.1. The maximum Gasteiger partial charge on any atom is 0.311 e. The first-order chi connectivity index (χ1) is 50.6. The summed E-state index contributed by atoms with van der Waals surface area (Å²) in [4.78, 5) is 97.5. The van der Waals surface area contributed by atoms with Crippen molar-refractivity contribution in [3.63, 3.8) is 0 Å². The Labute approximate surface area is 646 Å². The number of epoxide rings is 1. The number of rotatable bonds is 17. The Morgan fingerprint density at radius 1 is 0.514 bits per heavy atom. The Morgan fingerprint density at radius 2 is 1.02 bits per heavy atom. The first-order valence-electron chi connectivity index (χ1n) is 39.2. The van der Waals surface area contributed by atoms with Crippen LogP contribution in [0.25, 0.3) is 0 Å². The van der Waals surface area contributed by atoms with E-state index in [2.05, 4.69) is 0 Å². The van der Waals surface area contributed by atoms with Crippen LogP contribution in [0.4, 0.5) is 0 Å². The van der Waals surface area contributed by atoms with Crippen molar-refractivity contribution in [1.29, 1.82) is 0 Å². The molecule has 0 bridgehead atoms. The summed E-state index contributed by atoms with van der Waals surface area (Å²) in [5.41, 5.74) is -5.43. The highest BCUT2D eigenvalue weighted by Crippen LogP contribution is 2.47. The molecule has 1 spiro atoms. The molecule has 7 saturated heterocycles. The lowest BCUT2D eigenvalue weighted by atomic mass is 9.74. The molecule has 7 rings (SSSR count). The van der Waals surface area contributed by atoms with Crippen LogP contribution in [0.2, 0.25) is 0 Å². The van der Waals surface area contributed by atoms with Crippen LogP contribution in [0, 0.1) is 53.3 Å². The van der Waals surface area contributed by atoms with Crippen LogP contribution < -0.4 is 0 Å². The molecule has 0 radical (unpaired) electrons. The Morgan fingerprint density at radius 3 is 1.54 bits per heavy atom. The fourth-order valence-corrected chi connectivity index (χ4v) is 17.5. The number of aliphatic hydroxyl groups excluding tert-OH is 3. The summed E-state index contributed by atoms with van der Waals surface area (Å²) in [6, 6.07) is -0.530. The number of esters is 5. The van der Waals surface area contributed by atoms with E-state index in [-0.39, 0.29) is 74.6 Å². The van der Waals surface area contributed by atoms with Gasteiger partial charge in [-0.25, -0.2) is 0 Å². The van der Waals surface area contributed by atoms with Gasteiger partial charge in [0.05, 0.1) is 96.5 Å². The zero-order chi connectivity index (χ0) is 82.3. The van der Waals surface area contributed by atoms with E-state index in [9.17, 15) is 54.0 Å². The summed E-state index contributed by atoms with van der Waals surface area (Å²) in [5, 5.41) is 45.6. The van der Waals surface area contributed by atoms with Crippen molar-refractivity contribution >= 4 is 41.4 Å². The van der Waals surface area contributed by atoms with Gasteiger partial charge < -0.3 is 111 Å². The molecule has 7 fully saturated rings. The molecule has 7 aliphatic heterocycles. The van der Waals surface area contributed by atoms with E-state index in [0.717, 1.165) is 0 Å². The van der Waals surface area contributed by atoms with Crippen LogP contribution in [0.5, 0.6) is 0 Å². The second-order valence-corrected chi connectivity index (χ2v) is 33.7. The van der Waals surface area contributed by atoms with Gasteiger partial charge in [-0.15, -0.1) is 0 Å². The van der Waals surface area contributed by atoms with Gasteiger partial charge in [0.25, 0.3) is 0 Å². The van der Waals surface area contributed by atoms with E-state index in [1.165, 1.54) is 49.0 Å². The monoisotopic (exact) mass is 1560 g/mol. The molecular formula is C79H136N2O28. The lowest BCUT2D eigenvalue weighted by Gasteiger charge is -2.50. The lowest BCUT2D eigenvalue weighted by Crippen LogP contribution is -2.61. The number of ketones is 2. The van der Waals surface area contributed by atoms with E-state index in [4.69, 9.17) is 80.5 Å². The third kappa shape index (κ3) is 22.3. The standard InChI is InChI=1S/C41H67NO15.C38H69NO13/c1-19-17-41(18-49-41)38(46)23(5)34(53-27(9)43)21(3)25(7)52-39(47)24(6)35(56-32-16-31(48-14)36(26(8)51-32)54-28(10)44)22(4)33(19)57-40-37(55-29(11)45)30(42(12)13)15-20(2)50-40;1-15-26-38(10,45)31(42)21(4)28(40)19(2)17-37(9,47-14)33(52-35-29(41)25(39(11)12)16-20(3)48-35)22(5)30(23(6)34(44)50-26)51-27-18-36(8,46-13)32(43)24(7)49-27/h19-26,30-37,40H,15-18H2,1-14H3;19-27,29-33,35,41-43,45H,15-18H2,1-14H3/t19-,20+,21-,22+,23+,24+,25+,26-,30-,31-,32-,33-,34-,35-,36-,37+,40-,41-;19-,20-,21+,22?,23-,24+,25+,26-,27+,29-,30+,31-,32+,33-,35+,36-,37-,38-/m01/s1. The van der Waals surface area contributed by atoms with E-state index in [0.29, 0.717) is 12.8 Å². The smallest absolute Gasteiger partial charge is 0.311 e. The molecule has 0 aromatic rings. The van der Waals surface area contributed by atoms with Gasteiger partial charge >= 0.3 is 29.8 Å². The highest BCUT2D eigenvalue weighted by molar-refractivity contribution is 5.92. The van der Waals surface area contributed by atoms with Gasteiger partial charge in [-0.1, -0.05) is 55.4 Å². The number of ether oxygens (including phenoxy) is 17. The van der Waals surface area contributed by atoms with Crippen LogP contribution in [0.15, 0.2) is 0 Å². The predicted molar refractivity (Wildman–Crippen MR) is 393 cm³/mol. The first-order valence-corrected chi connectivity index (χ1v) is 39.2. The average Bonchev–Trinajstić information content (AvgIpc) is 1.65. The minimum Gasteiger partial charge on any atom is -0.462 e. The third-order valence-corrected chi connectivity index (χ3v) is 24.5. The molecule has 0 aromatic carbocycles. The molecular weight excluding hydrogens is 1420 g/mol. The quantitative estimate of drug-likeness (QED) is 0.0730. The van der Waals surface area contributed by atoms with Gasteiger partial charge in [0.2, 0.25) is 0 Å². The maximum atomic E-state index is 14.4. The van der Waals surface area contributed by atoms with Crippen molar-refractivity contribution < 1.29 is 135 Å². The fourth-order valence-electron chi connectivity index (χ4n) is 17.5. The number of aliphatic hydroxyl groups is 4. The normalized spacial score (nSPS) is 46.1. The zero-order valence-corrected chi connectivity index (χ0v) is 70.1. The van der Waals surface area contributed by atoms with Gasteiger partial charge in [0.1, 0.15) is 48.0 Å². The van der Waals surface area contributed by atoms with Crippen LogP contribution in [0.1, 0.15) is 190 Å². The highest BCUT2D eigenvalue weighted by atomic mass is 16.7. The maximum absolute atomic E-state index is 14.4. The van der Waals surface area contributed by atoms with Crippen molar-refractivity contribution in [2.75, 3.05) is 56.1 Å². The summed E-state index contributed by atoms with van der Waals surface area (Å²) in [5.74, 6) is -10.2. The SMILES string of the molecule is CC[C@H]1OC(=O)[C@H](C)[C@@H](O[C@H]2C[C@@](C)(OC)[C@@H](O)[C@H](C)O2)C(C)[C@@H](O[C@@H]2O[C@H](C)C[C@H](N(C)C)[C@H]2O)[C@](C)(OC)C[C@@H](C)C(=O)[C@H](C)[C@@H](O)[C@]1(C)O.CO[C@H]1C[C@H](O[C@H]2[C@H](C)[C@@H](O[C@@H]3O[C@H](C)C[C@H](N(C)C)[C@H]3OC(C)=O)[C@@H](C)C[C@]3(CO3)C(=O)[C@H](C)[C@@H](OC(C)=O)[C@@H](C)[C@@H](C)OC(=O)[C@@H]2C)O[C@@H](C)[C@@H]1OC(C)=O. The molecule has 0 aromatic heterocycles. The molecule has 36 atom stereocenters. The van der Waals surface area contributed by atoms with Crippen LogP contribution in [-0.4, -0.2) is 291 Å². The van der Waals surface area contributed by atoms with Crippen LogP contribution in [-0.2, 0) is 114 Å². The van der Waals surface area contributed by atoms with E-state index in [1.807, 2.05) is 72.6 Å². The highest BCUT2D eigenvalue weighted by Gasteiger charge is 2.60. The number of carbonyl (C=O) groups excluding carboxylic acids is 7. The molecule has 630 valence electrons. The first kappa shape index (κ1) is 93.8. The molecule has 30 heteroatoms. The van der Waals surface area contributed by atoms with E-state index in [1.54, 1.807) is 83.1 Å². The van der Waals surface area contributed by atoms with Gasteiger partial charge in [0.15, 0.2) is 48.8 Å². The summed E-state index contributed by atoms with van der Waals surface area (Å²) in [6.07, 6.45) is -16.1. The summed E-state index contributed by atoms with van der Waals surface area (Å²) in [6.45, 7) is 35.5. The molecule has 0 aliphatic carbocycles. The van der Waals surface area contributed by atoms with Gasteiger partial charge in [0, 0.05) is 90.6 Å². The van der Waals surface area contributed by atoms with Crippen LogP contribution >= 0.6 is 0 Å². The Balaban J connectivity index is 0.000000342.